The summed E-state index contributed by atoms with van der Waals surface area (Å²) in [7, 11) is 1.96. The summed E-state index contributed by atoms with van der Waals surface area (Å²) >= 11 is 0. The van der Waals surface area contributed by atoms with E-state index < -0.39 is 0 Å². The Morgan fingerprint density at radius 3 is 2.65 bits per heavy atom. The summed E-state index contributed by atoms with van der Waals surface area (Å²) in [6.45, 7) is 6.48. The fourth-order valence-corrected chi connectivity index (χ4v) is 2.38. The molecule has 0 fully saturated rings. The molecule has 0 aliphatic heterocycles. The molecule has 0 bridgehead atoms. The Morgan fingerprint density at radius 2 is 2.10 bits per heavy atom. The van der Waals surface area contributed by atoms with Gasteiger partial charge in [0.05, 0.1) is 12.3 Å². The number of hydrogen-bond donors (Lipinski definition) is 1. The highest BCUT2D eigenvalue weighted by Gasteiger charge is 2.14. The van der Waals surface area contributed by atoms with Crippen molar-refractivity contribution in [2.45, 2.75) is 26.9 Å². The minimum Gasteiger partial charge on any atom is -0.395 e. The first-order chi connectivity index (χ1) is 9.61. The second-order valence-corrected chi connectivity index (χ2v) is 5.07. The molecule has 5 nitrogen and oxygen atoms in total. The Morgan fingerprint density at radius 1 is 1.30 bits per heavy atom. The Bertz CT molecular complexity index is 551. The van der Waals surface area contributed by atoms with Crippen molar-refractivity contribution in [2.24, 2.45) is 7.05 Å². The van der Waals surface area contributed by atoms with Crippen molar-refractivity contribution in [1.29, 1.82) is 0 Å². The van der Waals surface area contributed by atoms with Gasteiger partial charge in [-0.15, -0.1) is 0 Å². The first kappa shape index (κ1) is 14.7. The molecule has 0 saturated heterocycles. The Balaban J connectivity index is 2.13. The largest absolute Gasteiger partial charge is 0.395 e. The zero-order valence-electron chi connectivity index (χ0n) is 12.4. The normalized spacial score (nSPS) is 11.2. The standard InChI is InChI=1S/C15H22N4O/c1-12-15(13(2)18(3)17-12)11-19(7-8-20)10-14-5-4-6-16-9-14/h4-6,9,20H,7-8,10-11H2,1-3H3. The molecule has 0 unspecified atom stereocenters. The van der Waals surface area contributed by atoms with Crippen LogP contribution in [0, 0.1) is 13.8 Å². The first-order valence-corrected chi connectivity index (χ1v) is 6.83. The maximum Gasteiger partial charge on any atom is 0.0641 e. The van der Waals surface area contributed by atoms with E-state index in [1.165, 1.54) is 11.3 Å². The molecule has 2 aromatic heterocycles. The van der Waals surface area contributed by atoms with E-state index in [4.69, 9.17) is 0 Å². The SMILES string of the molecule is Cc1nn(C)c(C)c1CN(CCO)Cc1cccnc1. The van der Waals surface area contributed by atoms with Gasteiger partial charge in [0.1, 0.15) is 0 Å². The molecule has 2 rings (SSSR count). The van der Waals surface area contributed by atoms with Crippen molar-refractivity contribution >= 4 is 0 Å². The van der Waals surface area contributed by atoms with Crippen LogP contribution in [-0.2, 0) is 20.1 Å². The van der Waals surface area contributed by atoms with Crippen LogP contribution in [0.25, 0.3) is 0 Å². The fraction of sp³-hybridized carbons (Fsp3) is 0.467. The van der Waals surface area contributed by atoms with E-state index >= 15 is 0 Å². The average Bonchev–Trinajstić information content (AvgIpc) is 2.67. The number of aliphatic hydroxyl groups is 1. The summed E-state index contributed by atoms with van der Waals surface area (Å²) in [5, 5.41) is 13.7. The van der Waals surface area contributed by atoms with Crippen molar-refractivity contribution in [1.82, 2.24) is 19.7 Å². The number of nitrogens with zero attached hydrogens (tertiary/aromatic N) is 4. The molecule has 108 valence electrons. The van der Waals surface area contributed by atoms with Crippen LogP contribution in [0.5, 0.6) is 0 Å². The van der Waals surface area contributed by atoms with Crippen molar-refractivity contribution in [3.05, 3.63) is 47.0 Å². The number of aliphatic hydroxyl groups excluding tert-OH is 1. The third-order valence-electron chi connectivity index (χ3n) is 3.59. The predicted molar refractivity (Wildman–Crippen MR) is 78.1 cm³/mol. The number of aryl methyl sites for hydroxylation is 2. The minimum absolute atomic E-state index is 0.151. The van der Waals surface area contributed by atoms with Crippen LogP contribution in [0.2, 0.25) is 0 Å². The molecular weight excluding hydrogens is 252 g/mol. The summed E-state index contributed by atoms with van der Waals surface area (Å²) < 4.78 is 1.91. The Kier molecular flexibility index (Phi) is 4.87. The van der Waals surface area contributed by atoms with Gasteiger partial charge in [0.2, 0.25) is 0 Å². The smallest absolute Gasteiger partial charge is 0.0641 e. The number of hydrogen-bond acceptors (Lipinski definition) is 4. The lowest BCUT2D eigenvalue weighted by Gasteiger charge is -2.21. The van der Waals surface area contributed by atoms with Gasteiger partial charge in [-0.05, 0) is 25.5 Å². The van der Waals surface area contributed by atoms with Crippen molar-refractivity contribution in [2.75, 3.05) is 13.2 Å². The molecule has 0 saturated carbocycles. The predicted octanol–water partition coefficient (Wildman–Crippen LogP) is 1.43. The topological polar surface area (TPSA) is 54.2 Å². The van der Waals surface area contributed by atoms with E-state index in [-0.39, 0.29) is 6.61 Å². The molecule has 0 amide bonds. The lowest BCUT2D eigenvalue weighted by atomic mass is 10.1. The van der Waals surface area contributed by atoms with Gasteiger partial charge >= 0.3 is 0 Å². The van der Waals surface area contributed by atoms with E-state index in [1.807, 2.05) is 30.9 Å². The van der Waals surface area contributed by atoms with Crippen LogP contribution in [0.4, 0.5) is 0 Å². The van der Waals surface area contributed by atoms with Gasteiger partial charge in [-0.2, -0.15) is 5.10 Å². The summed E-state index contributed by atoms with van der Waals surface area (Å²) in [5.41, 5.74) is 4.63. The highest BCUT2D eigenvalue weighted by atomic mass is 16.3. The Hall–Kier alpha value is -1.72. The Labute approximate surface area is 119 Å². The molecular formula is C15H22N4O. The molecule has 0 atom stereocenters. The molecule has 0 radical (unpaired) electrons. The maximum atomic E-state index is 9.26. The highest BCUT2D eigenvalue weighted by molar-refractivity contribution is 5.24. The molecule has 2 heterocycles. The van der Waals surface area contributed by atoms with Crippen LogP contribution in [0.1, 0.15) is 22.5 Å². The second kappa shape index (κ2) is 6.63. The van der Waals surface area contributed by atoms with Crippen molar-refractivity contribution < 1.29 is 5.11 Å². The number of pyridine rings is 1. The molecule has 0 aliphatic rings. The highest BCUT2D eigenvalue weighted by Crippen LogP contribution is 2.16. The van der Waals surface area contributed by atoms with Crippen LogP contribution >= 0.6 is 0 Å². The lowest BCUT2D eigenvalue weighted by Crippen LogP contribution is -2.26. The molecule has 20 heavy (non-hydrogen) atoms. The molecule has 0 aliphatic carbocycles. The van der Waals surface area contributed by atoms with Crippen molar-refractivity contribution in [3.8, 4) is 0 Å². The zero-order chi connectivity index (χ0) is 14.5. The quantitative estimate of drug-likeness (QED) is 0.865. The van der Waals surface area contributed by atoms with Gasteiger partial charge < -0.3 is 5.11 Å². The second-order valence-electron chi connectivity index (χ2n) is 5.07. The van der Waals surface area contributed by atoms with E-state index in [1.54, 1.807) is 6.20 Å². The van der Waals surface area contributed by atoms with E-state index in [0.29, 0.717) is 6.54 Å². The summed E-state index contributed by atoms with van der Waals surface area (Å²) in [6.07, 6.45) is 3.64. The minimum atomic E-state index is 0.151. The third kappa shape index (κ3) is 3.43. The molecule has 0 spiro atoms. The van der Waals surface area contributed by atoms with Gasteiger partial charge in [-0.1, -0.05) is 6.07 Å². The van der Waals surface area contributed by atoms with Gasteiger partial charge in [0.15, 0.2) is 0 Å². The van der Waals surface area contributed by atoms with E-state index in [2.05, 4.69) is 28.0 Å². The summed E-state index contributed by atoms with van der Waals surface area (Å²) in [6, 6.07) is 3.99. The van der Waals surface area contributed by atoms with Gasteiger partial charge in [0, 0.05) is 50.3 Å². The van der Waals surface area contributed by atoms with Crippen LogP contribution in [-0.4, -0.2) is 37.9 Å². The summed E-state index contributed by atoms with van der Waals surface area (Å²) in [5.74, 6) is 0. The molecule has 1 N–H and O–H groups in total. The van der Waals surface area contributed by atoms with Crippen molar-refractivity contribution in [3.63, 3.8) is 0 Å². The van der Waals surface area contributed by atoms with Crippen LogP contribution in [0.15, 0.2) is 24.5 Å². The average molecular weight is 274 g/mol. The fourth-order valence-electron chi connectivity index (χ4n) is 2.38. The summed E-state index contributed by atoms with van der Waals surface area (Å²) in [4.78, 5) is 6.35. The molecule has 0 aromatic carbocycles. The lowest BCUT2D eigenvalue weighted by molar-refractivity contribution is 0.183. The molecule has 2 aromatic rings. The molecule has 5 heteroatoms. The number of rotatable bonds is 6. The van der Waals surface area contributed by atoms with Gasteiger partial charge in [0.25, 0.3) is 0 Å². The van der Waals surface area contributed by atoms with Crippen LogP contribution in [0.3, 0.4) is 0 Å². The monoisotopic (exact) mass is 274 g/mol. The van der Waals surface area contributed by atoms with E-state index in [0.717, 1.165) is 24.3 Å². The van der Waals surface area contributed by atoms with E-state index in [9.17, 15) is 5.11 Å². The van der Waals surface area contributed by atoms with Gasteiger partial charge in [-0.3, -0.25) is 14.6 Å². The third-order valence-corrected chi connectivity index (χ3v) is 3.59. The zero-order valence-corrected chi connectivity index (χ0v) is 12.4. The van der Waals surface area contributed by atoms with Crippen LogP contribution < -0.4 is 0 Å². The number of aromatic nitrogens is 3. The maximum absolute atomic E-state index is 9.26. The van der Waals surface area contributed by atoms with Gasteiger partial charge in [-0.25, -0.2) is 0 Å². The first-order valence-electron chi connectivity index (χ1n) is 6.83.